The fourth-order valence-corrected chi connectivity index (χ4v) is 1.86. The van der Waals surface area contributed by atoms with Gasteiger partial charge in [0.05, 0.1) is 6.04 Å². The van der Waals surface area contributed by atoms with E-state index >= 15 is 0 Å². The van der Waals surface area contributed by atoms with Crippen LogP contribution in [0, 0.1) is 0 Å². The number of nitrogens with two attached hydrogens (primary N) is 1. The van der Waals surface area contributed by atoms with E-state index in [1.165, 1.54) is 0 Å². The van der Waals surface area contributed by atoms with Gasteiger partial charge < -0.3 is 11.1 Å². The van der Waals surface area contributed by atoms with Crippen molar-refractivity contribution in [2.24, 2.45) is 5.73 Å². The largest absolute Gasteiger partial charge is 0.368 e. The molecule has 3 N–H and O–H groups in total. The molecule has 1 unspecified atom stereocenters. The van der Waals surface area contributed by atoms with Crippen LogP contribution in [-0.2, 0) is 4.79 Å². The van der Waals surface area contributed by atoms with Crippen LogP contribution in [0.4, 0.5) is 0 Å². The summed E-state index contributed by atoms with van der Waals surface area (Å²) in [5.41, 5.74) is 5.23. The molecule has 0 heterocycles. The van der Waals surface area contributed by atoms with Crippen molar-refractivity contribution in [3.63, 3.8) is 0 Å². The van der Waals surface area contributed by atoms with Gasteiger partial charge in [-0.15, -0.1) is 0 Å². The number of thioether (sulfide) groups is 1. The molecular weight excluding hydrogens is 184 g/mol. The summed E-state index contributed by atoms with van der Waals surface area (Å²) < 4.78 is 0. The van der Waals surface area contributed by atoms with E-state index in [1.54, 1.807) is 0 Å². The third kappa shape index (κ3) is 6.90. The lowest BCUT2D eigenvalue weighted by Gasteiger charge is -2.14. The maximum absolute atomic E-state index is 10.9. The minimum atomic E-state index is -0.244. The van der Waals surface area contributed by atoms with Gasteiger partial charge in [-0.05, 0) is 24.0 Å². The second-order valence-corrected chi connectivity index (χ2v) is 4.91. The number of carbonyl (C=O) groups excluding carboxylic acids is 1. The molecule has 0 bridgehead atoms. The van der Waals surface area contributed by atoms with Crippen LogP contribution in [-0.4, -0.2) is 29.5 Å². The van der Waals surface area contributed by atoms with Crippen molar-refractivity contribution in [1.82, 2.24) is 5.32 Å². The summed E-state index contributed by atoms with van der Waals surface area (Å²) >= 11 is 1.86. The van der Waals surface area contributed by atoms with E-state index < -0.39 is 0 Å². The first-order valence-electron chi connectivity index (χ1n) is 4.72. The second-order valence-electron chi connectivity index (χ2n) is 3.22. The third-order valence-corrected chi connectivity index (χ3v) is 2.79. The number of primary amides is 1. The van der Waals surface area contributed by atoms with Gasteiger partial charge in [0, 0.05) is 0 Å². The first-order valence-corrected chi connectivity index (χ1v) is 5.77. The van der Waals surface area contributed by atoms with Crippen molar-refractivity contribution >= 4 is 17.7 Å². The summed E-state index contributed by atoms with van der Waals surface area (Å²) in [7, 11) is 0. The highest BCUT2D eigenvalue weighted by atomic mass is 32.2. The minimum Gasteiger partial charge on any atom is -0.368 e. The Morgan fingerprint density at radius 1 is 1.54 bits per heavy atom. The Hall–Kier alpha value is -0.220. The maximum atomic E-state index is 10.9. The molecule has 3 nitrogen and oxygen atoms in total. The Balaban J connectivity index is 3.63. The summed E-state index contributed by atoms with van der Waals surface area (Å²) in [5, 5.41) is 3.69. The maximum Gasteiger partial charge on any atom is 0.234 e. The normalized spacial score (nSPS) is 13.2. The van der Waals surface area contributed by atoms with Crippen molar-refractivity contribution in [3.05, 3.63) is 0 Å². The highest BCUT2D eigenvalue weighted by Gasteiger charge is 2.12. The molecule has 78 valence electrons. The zero-order valence-electron chi connectivity index (χ0n) is 8.67. The van der Waals surface area contributed by atoms with Crippen LogP contribution >= 0.6 is 11.8 Å². The molecule has 0 rings (SSSR count). The molecule has 0 aliphatic heterocycles. The molecule has 0 aliphatic carbocycles. The summed E-state index contributed by atoms with van der Waals surface area (Å²) in [6, 6.07) is -0.156. The van der Waals surface area contributed by atoms with Gasteiger partial charge in [-0.3, -0.25) is 4.79 Å². The average molecular weight is 204 g/mol. The quantitative estimate of drug-likeness (QED) is 0.650. The fourth-order valence-electron chi connectivity index (χ4n) is 1.01. The number of hydrogen-bond donors (Lipinski definition) is 2. The van der Waals surface area contributed by atoms with Crippen molar-refractivity contribution in [3.8, 4) is 0 Å². The molecule has 0 aromatic heterocycles. The molecule has 0 aliphatic rings. The van der Waals surface area contributed by atoms with Crippen LogP contribution in [0.3, 0.4) is 0 Å². The van der Waals surface area contributed by atoms with E-state index in [2.05, 4.69) is 19.2 Å². The van der Waals surface area contributed by atoms with Gasteiger partial charge in [0.2, 0.25) is 5.91 Å². The van der Waals surface area contributed by atoms with Gasteiger partial charge in [-0.1, -0.05) is 20.8 Å². The highest BCUT2D eigenvalue weighted by Crippen LogP contribution is 2.11. The Bertz CT molecular complexity index is 151. The van der Waals surface area contributed by atoms with Crippen LogP contribution in [0.25, 0.3) is 0 Å². The van der Waals surface area contributed by atoms with E-state index in [4.69, 9.17) is 5.73 Å². The number of likely N-dealkylation sites (N-methyl/N-ethyl adjacent to an activating group) is 1. The monoisotopic (exact) mass is 204 g/mol. The zero-order chi connectivity index (χ0) is 10.3. The third-order valence-electron chi connectivity index (χ3n) is 1.65. The minimum absolute atomic E-state index is 0.156. The summed E-state index contributed by atoms with van der Waals surface area (Å²) in [6.45, 7) is 7.07. The molecule has 0 radical (unpaired) electrons. The second kappa shape index (κ2) is 7.21. The first-order chi connectivity index (χ1) is 6.07. The van der Waals surface area contributed by atoms with Gasteiger partial charge in [0.1, 0.15) is 0 Å². The fraction of sp³-hybridized carbons (Fsp3) is 0.889. The molecule has 0 saturated heterocycles. The smallest absolute Gasteiger partial charge is 0.234 e. The van der Waals surface area contributed by atoms with Crippen molar-refractivity contribution in [2.75, 3.05) is 12.3 Å². The van der Waals surface area contributed by atoms with Crippen LogP contribution in [0.5, 0.6) is 0 Å². The number of carbonyl (C=O) groups is 1. The Kier molecular flexibility index (Phi) is 7.09. The van der Waals surface area contributed by atoms with Crippen molar-refractivity contribution in [1.29, 1.82) is 0 Å². The molecular formula is C9H20N2OS. The number of hydrogen-bond acceptors (Lipinski definition) is 3. The average Bonchev–Trinajstić information content (AvgIpc) is 2.02. The number of nitrogens with one attached hydrogen (secondary N) is 1. The molecule has 1 amide bonds. The van der Waals surface area contributed by atoms with Crippen molar-refractivity contribution in [2.45, 2.75) is 38.5 Å². The standard InChI is InChI=1S/C9H20N2OS/c1-4-11-8(9(10)12)5-6-13-7(2)3/h7-8,11H,4-6H2,1-3H3,(H2,10,12). The molecule has 0 saturated carbocycles. The van der Waals surface area contributed by atoms with Crippen LogP contribution in [0.1, 0.15) is 27.2 Å². The van der Waals surface area contributed by atoms with Crippen LogP contribution < -0.4 is 11.1 Å². The molecule has 0 aromatic rings. The molecule has 0 fully saturated rings. The highest BCUT2D eigenvalue weighted by molar-refractivity contribution is 7.99. The Morgan fingerprint density at radius 2 is 2.15 bits per heavy atom. The summed E-state index contributed by atoms with van der Waals surface area (Å²) in [6.07, 6.45) is 0.825. The lowest BCUT2D eigenvalue weighted by atomic mass is 10.2. The summed E-state index contributed by atoms with van der Waals surface area (Å²) in [5.74, 6) is 0.740. The van der Waals surface area contributed by atoms with E-state index in [9.17, 15) is 4.79 Å². The van der Waals surface area contributed by atoms with Gasteiger partial charge in [-0.25, -0.2) is 0 Å². The van der Waals surface area contributed by atoms with Crippen molar-refractivity contribution < 1.29 is 4.79 Å². The lowest BCUT2D eigenvalue weighted by Crippen LogP contribution is -2.41. The predicted molar refractivity (Wildman–Crippen MR) is 58.9 cm³/mol. The predicted octanol–water partition coefficient (Wildman–Crippen LogP) is 0.982. The molecule has 13 heavy (non-hydrogen) atoms. The van der Waals surface area contributed by atoms with Crippen LogP contribution in [0.15, 0.2) is 0 Å². The molecule has 1 atom stereocenters. The topological polar surface area (TPSA) is 55.1 Å². The lowest BCUT2D eigenvalue weighted by molar-refractivity contribution is -0.120. The van der Waals surface area contributed by atoms with E-state index in [0.717, 1.165) is 18.7 Å². The van der Waals surface area contributed by atoms with E-state index in [-0.39, 0.29) is 11.9 Å². The Labute approximate surface area is 84.8 Å². The molecule has 4 heteroatoms. The number of rotatable bonds is 7. The Morgan fingerprint density at radius 3 is 2.54 bits per heavy atom. The number of amides is 1. The first kappa shape index (κ1) is 12.8. The zero-order valence-corrected chi connectivity index (χ0v) is 9.49. The van der Waals surface area contributed by atoms with Gasteiger partial charge >= 0.3 is 0 Å². The van der Waals surface area contributed by atoms with Crippen LogP contribution in [0.2, 0.25) is 0 Å². The van der Waals surface area contributed by atoms with E-state index in [1.807, 2.05) is 18.7 Å². The van der Waals surface area contributed by atoms with Gasteiger partial charge in [-0.2, -0.15) is 11.8 Å². The SMILES string of the molecule is CCNC(CCSC(C)C)C(N)=O. The molecule has 0 aromatic carbocycles. The van der Waals surface area contributed by atoms with E-state index in [0.29, 0.717) is 5.25 Å². The van der Waals surface area contributed by atoms with Gasteiger partial charge in [0.25, 0.3) is 0 Å². The molecule has 0 spiro atoms. The summed E-state index contributed by atoms with van der Waals surface area (Å²) in [4.78, 5) is 10.9. The van der Waals surface area contributed by atoms with Gasteiger partial charge in [0.15, 0.2) is 0 Å².